The van der Waals surface area contributed by atoms with Crippen LogP contribution < -0.4 is 5.32 Å². The largest absolute Gasteiger partial charge is 0.463 e. The lowest BCUT2D eigenvalue weighted by molar-refractivity contribution is -0.384. The second kappa shape index (κ2) is 10.1. The maximum atomic E-state index is 13.0. The van der Waals surface area contributed by atoms with E-state index >= 15 is 0 Å². The lowest BCUT2D eigenvalue weighted by atomic mass is 9.94. The van der Waals surface area contributed by atoms with Crippen molar-refractivity contribution in [3.63, 3.8) is 0 Å². The van der Waals surface area contributed by atoms with E-state index in [1.165, 1.54) is 12.1 Å². The molecule has 1 aromatic heterocycles. The molecule has 1 atom stereocenters. The van der Waals surface area contributed by atoms with Gasteiger partial charge in [-0.3, -0.25) is 15.0 Å². The summed E-state index contributed by atoms with van der Waals surface area (Å²) in [7, 11) is 0. The van der Waals surface area contributed by atoms with Gasteiger partial charge in [-0.1, -0.05) is 31.1 Å². The van der Waals surface area contributed by atoms with E-state index in [1.54, 1.807) is 25.3 Å². The molecule has 0 fully saturated rings. The van der Waals surface area contributed by atoms with Gasteiger partial charge in [0.1, 0.15) is 0 Å². The van der Waals surface area contributed by atoms with Crippen LogP contribution in [0.2, 0.25) is 0 Å². The molecule has 0 bridgehead atoms. The first-order valence-electron chi connectivity index (χ1n) is 10.3. The number of esters is 1. The smallest absolute Gasteiger partial charge is 0.338 e. The number of nitro benzene ring substituents is 1. The first kappa shape index (κ1) is 22.9. The number of nitrogens with one attached hydrogen (secondary N) is 1. The van der Waals surface area contributed by atoms with Gasteiger partial charge in [0.25, 0.3) is 5.69 Å². The summed E-state index contributed by atoms with van der Waals surface area (Å²) in [5.74, 6) is -0.203. The second-order valence-corrected chi connectivity index (χ2v) is 7.08. The molecule has 2 N–H and O–H groups in total. The van der Waals surface area contributed by atoms with Crippen molar-refractivity contribution in [3.05, 3.63) is 63.1 Å². The van der Waals surface area contributed by atoms with Crippen LogP contribution in [0.15, 0.2) is 46.9 Å². The van der Waals surface area contributed by atoms with Gasteiger partial charge >= 0.3 is 5.97 Å². The van der Waals surface area contributed by atoms with Crippen LogP contribution in [-0.2, 0) is 16.1 Å². The molecule has 1 aromatic carbocycles. The number of nitrogens with zero attached hydrogens (tertiary/aromatic N) is 5. The topological polar surface area (TPSA) is 135 Å². The van der Waals surface area contributed by atoms with Gasteiger partial charge in [0.15, 0.2) is 0 Å². The number of hydrogen-bond acceptors (Lipinski definition) is 9. The van der Waals surface area contributed by atoms with Gasteiger partial charge < -0.3 is 19.8 Å². The fourth-order valence-corrected chi connectivity index (χ4v) is 3.75. The Bertz CT molecular complexity index is 1060. The minimum Gasteiger partial charge on any atom is -0.463 e. The Morgan fingerprint density at radius 2 is 2.16 bits per heavy atom. The quantitative estimate of drug-likeness (QED) is 0.199. The highest BCUT2D eigenvalue weighted by atomic mass is 16.6. The Balaban J connectivity index is 2.25. The van der Waals surface area contributed by atoms with Crippen molar-refractivity contribution >= 4 is 23.8 Å². The molecule has 0 saturated heterocycles. The third-order valence-corrected chi connectivity index (χ3v) is 5.30. The second-order valence-electron chi connectivity index (χ2n) is 7.08. The van der Waals surface area contributed by atoms with Crippen LogP contribution in [0.1, 0.15) is 38.1 Å². The number of aromatic nitrogens is 2. The molecule has 11 heteroatoms. The molecular weight excluding hydrogens is 416 g/mol. The van der Waals surface area contributed by atoms with Crippen molar-refractivity contribution < 1.29 is 19.7 Å². The number of nitro groups is 1. The molecule has 1 aliphatic heterocycles. The summed E-state index contributed by atoms with van der Waals surface area (Å²) in [6.07, 6.45) is 2.80. The maximum absolute atomic E-state index is 13.0. The lowest BCUT2D eigenvalue weighted by Crippen LogP contribution is -2.32. The van der Waals surface area contributed by atoms with Gasteiger partial charge in [-0.05, 0) is 25.6 Å². The van der Waals surface area contributed by atoms with E-state index in [2.05, 4.69) is 20.4 Å². The molecule has 170 valence electrons. The lowest BCUT2D eigenvalue weighted by Gasteiger charge is -2.31. The van der Waals surface area contributed by atoms with Crippen LogP contribution in [-0.4, -0.2) is 56.5 Å². The van der Waals surface area contributed by atoms with Gasteiger partial charge in [-0.15, -0.1) is 0 Å². The van der Waals surface area contributed by atoms with E-state index in [9.17, 15) is 20.1 Å². The Labute approximate surface area is 185 Å². The van der Waals surface area contributed by atoms with E-state index in [4.69, 9.17) is 4.74 Å². The van der Waals surface area contributed by atoms with Gasteiger partial charge in [-0.2, -0.15) is 0 Å². The van der Waals surface area contributed by atoms with Gasteiger partial charge in [0.05, 0.1) is 46.9 Å². The fraction of sp³-hybridized carbons (Fsp3) is 0.381. The molecule has 0 aliphatic carbocycles. The van der Waals surface area contributed by atoms with Crippen molar-refractivity contribution in [1.82, 2.24) is 14.5 Å². The SMILES string of the molecule is CCOC(=O)C1=C(/C=N\O)Nc2ncc(CN(CC)CC)n2C1c1cccc([N+](=O)[O-])c1. The monoisotopic (exact) mass is 442 g/mol. The number of benzene rings is 1. The van der Waals surface area contributed by atoms with E-state index < -0.39 is 16.9 Å². The molecule has 2 aromatic rings. The number of imidazole rings is 1. The zero-order chi connectivity index (χ0) is 23.3. The number of oxime groups is 1. The molecule has 3 rings (SSSR count). The molecule has 0 saturated carbocycles. The maximum Gasteiger partial charge on any atom is 0.338 e. The number of carbonyl (C=O) groups excluding carboxylic acids is 1. The van der Waals surface area contributed by atoms with E-state index in [-0.39, 0.29) is 23.6 Å². The molecule has 11 nitrogen and oxygen atoms in total. The molecule has 0 radical (unpaired) electrons. The molecule has 32 heavy (non-hydrogen) atoms. The minimum atomic E-state index is -0.772. The summed E-state index contributed by atoms with van der Waals surface area (Å²) >= 11 is 0. The van der Waals surface area contributed by atoms with Crippen LogP contribution in [0.3, 0.4) is 0 Å². The highest BCUT2D eigenvalue weighted by Crippen LogP contribution is 2.38. The Hall–Kier alpha value is -3.73. The predicted octanol–water partition coefficient (Wildman–Crippen LogP) is 2.93. The highest BCUT2D eigenvalue weighted by molar-refractivity contribution is 6.00. The van der Waals surface area contributed by atoms with Gasteiger partial charge in [0.2, 0.25) is 5.95 Å². The Kier molecular flexibility index (Phi) is 7.21. The van der Waals surface area contributed by atoms with Crippen LogP contribution in [0.4, 0.5) is 11.6 Å². The average molecular weight is 442 g/mol. The fourth-order valence-electron chi connectivity index (χ4n) is 3.75. The standard InChI is InChI=1S/C21H26N6O5/c1-4-25(5-2)13-16-11-22-21-24-17(12-23-29)18(20(28)32-6-3)19(26(16)21)14-8-7-9-15(10-14)27(30)31/h7-12,19,29H,4-6,13H2,1-3H3,(H,22,24)/b23-12-. The number of fused-ring (bicyclic) bond motifs is 1. The zero-order valence-electron chi connectivity index (χ0n) is 18.2. The Morgan fingerprint density at radius 3 is 2.78 bits per heavy atom. The molecule has 0 spiro atoms. The minimum absolute atomic E-state index is 0.103. The van der Waals surface area contributed by atoms with E-state index in [0.29, 0.717) is 18.1 Å². The third-order valence-electron chi connectivity index (χ3n) is 5.30. The van der Waals surface area contributed by atoms with Crippen LogP contribution in [0, 0.1) is 10.1 Å². The highest BCUT2D eigenvalue weighted by Gasteiger charge is 2.36. The first-order valence-corrected chi connectivity index (χ1v) is 10.3. The van der Waals surface area contributed by atoms with Crippen LogP contribution >= 0.6 is 0 Å². The summed E-state index contributed by atoms with van der Waals surface area (Å²) in [4.78, 5) is 30.6. The normalized spacial score (nSPS) is 15.7. The van der Waals surface area contributed by atoms with Crippen LogP contribution in [0.25, 0.3) is 0 Å². The van der Waals surface area contributed by atoms with Gasteiger partial charge in [-0.25, -0.2) is 9.78 Å². The van der Waals surface area contributed by atoms with Crippen molar-refractivity contribution in [2.45, 2.75) is 33.4 Å². The van der Waals surface area contributed by atoms with E-state index in [1.807, 2.05) is 18.4 Å². The summed E-state index contributed by atoms with van der Waals surface area (Å²) in [5, 5.41) is 26.7. The average Bonchev–Trinajstić information content (AvgIpc) is 3.19. The molecule has 2 heterocycles. The molecule has 1 aliphatic rings. The van der Waals surface area contributed by atoms with Crippen molar-refractivity contribution in [1.29, 1.82) is 0 Å². The molecular formula is C21H26N6O5. The number of anilines is 1. The third kappa shape index (κ3) is 4.47. The van der Waals surface area contributed by atoms with Crippen molar-refractivity contribution in [2.24, 2.45) is 5.16 Å². The first-order chi connectivity index (χ1) is 15.4. The number of ether oxygens (including phenoxy) is 1. The Morgan fingerprint density at radius 1 is 1.41 bits per heavy atom. The summed E-state index contributed by atoms with van der Waals surface area (Å²) in [6.45, 7) is 8.11. The summed E-state index contributed by atoms with van der Waals surface area (Å²) in [6, 6.07) is 5.32. The van der Waals surface area contributed by atoms with Crippen molar-refractivity contribution in [2.75, 3.05) is 25.0 Å². The van der Waals surface area contributed by atoms with Crippen molar-refractivity contribution in [3.8, 4) is 0 Å². The number of allylic oxidation sites excluding steroid dienone is 1. The summed E-state index contributed by atoms with van der Waals surface area (Å²) in [5.41, 5.74) is 1.59. The predicted molar refractivity (Wildman–Crippen MR) is 118 cm³/mol. The molecule has 1 unspecified atom stereocenters. The number of non-ortho nitro benzene ring substituents is 1. The number of rotatable bonds is 9. The zero-order valence-corrected chi connectivity index (χ0v) is 18.2. The number of hydrogen-bond donors (Lipinski definition) is 2. The number of carbonyl (C=O) groups is 1. The molecule has 0 amide bonds. The van der Waals surface area contributed by atoms with E-state index in [0.717, 1.165) is 25.0 Å². The summed E-state index contributed by atoms with van der Waals surface area (Å²) < 4.78 is 7.12. The van der Waals surface area contributed by atoms with Gasteiger partial charge in [0, 0.05) is 18.7 Å². The van der Waals surface area contributed by atoms with Crippen LogP contribution in [0.5, 0.6) is 0 Å².